The standard InChI is InChI=1S/C26H22F2N2O5/c27-26(28,24(32)33)15-29-23(31)13-16-9-11-17(12-10-16)30-25(34)35-14-22-20-7-3-1-5-18(20)19-6-2-4-8-21(19)22/h1-12,22H,13-15H2,(H,29,31)(H,30,34)(H,32,33). The van der Waals surface area contributed by atoms with E-state index in [-0.39, 0.29) is 18.9 Å². The van der Waals surface area contributed by atoms with Gasteiger partial charge < -0.3 is 15.2 Å². The summed E-state index contributed by atoms with van der Waals surface area (Å²) in [5, 5.41) is 12.9. The first kappa shape index (κ1) is 23.9. The highest BCUT2D eigenvalue weighted by Crippen LogP contribution is 2.44. The fourth-order valence-electron chi connectivity index (χ4n) is 3.99. The molecule has 0 spiro atoms. The number of carboxylic acid groups (broad SMARTS) is 1. The predicted octanol–water partition coefficient (Wildman–Crippen LogP) is 4.43. The van der Waals surface area contributed by atoms with Crippen LogP contribution < -0.4 is 10.6 Å². The van der Waals surface area contributed by atoms with E-state index in [0.29, 0.717) is 11.3 Å². The highest BCUT2D eigenvalue weighted by atomic mass is 19.3. The molecule has 2 amide bonds. The van der Waals surface area contributed by atoms with Gasteiger partial charge in [-0.25, -0.2) is 9.59 Å². The molecule has 0 aliphatic heterocycles. The minimum atomic E-state index is -4.04. The predicted molar refractivity (Wildman–Crippen MR) is 124 cm³/mol. The van der Waals surface area contributed by atoms with Crippen LogP contribution in [0.4, 0.5) is 19.3 Å². The summed E-state index contributed by atoms with van der Waals surface area (Å²) in [4.78, 5) is 34.6. The minimum absolute atomic E-state index is 0.0671. The van der Waals surface area contributed by atoms with Crippen LogP contribution in [-0.4, -0.2) is 42.2 Å². The molecule has 0 unspecified atom stereocenters. The second kappa shape index (κ2) is 9.92. The average Bonchev–Trinajstić information content (AvgIpc) is 3.16. The molecule has 0 bridgehead atoms. The molecule has 7 nitrogen and oxygen atoms in total. The van der Waals surface area contributed by atoms with E-state index in [1.807, 2.05) is 53.8 Å². The number of carbonyl (C=O) groups excluding carboxylic acids is 2. The second-order valence-corrected chi connectivity index (χ2v) is 8.11. The average molecular weight is 480 g/mol. The fraction of sp³-hybridized carbons (Fsp3) is 0.192. The lowest BCUT2D eigenvalue weighted by Gasteiger charge is -2.15. The van der Waals surface area contributed by atoms with E-state index in [1.165, 1.54) is 0 Å². The lowest BCUT2D eigenvalue weighted by atomic mass is 9.98. The van der Waals surface area contributed by atoms with Gasteiger partial charge in [-0.1, -0.05) is 60.7 Å². The van der Waals surface area contributed by atoms with Gasteiger partial charge in [0, 0.05) is 11.6 Å². The van der Waals surface area contributed by atoms with Gasteiger partial charge in [0.1, 0.15) is 6.61 Å². The van der Waals surface area contributed by atoms with Crippen LogP contribution >= 0.6 is 0 Å². The van der Waals surface area contributed by atoms with Crippen molar-refractivity contribution in [3.05, 3.63) is 89.5 Å². The molecule has 0 saturated heterocycles. The van der Waals surface area contributed by atoms with Gasteiger partial charge in [0.25, 0.3) is 0 Å². The van der Waals surface area contributed by atoms with Crippen LogP contribution in [0.5, 0.6) is 0 Å². The molecule has 1 aliphatic rings. The number of carboxylic acids is 1. The van der Waals surface area contributed by atoms with E-state index in [4.69, 9.17) is 9.84 Å². The van der Waals surface area contributed by atoms with Crippen molar-refractivity contribution >= 4 is 23.7 Å². The molecule has 0 atom stereocenters. The van der Waals surface area contributed by atoms with E-state index in [1.54, 1.807) is 24.3 Å². The molecule has 3 aromatic rings. The van der Waals surface area contributed by atoms with Crippen LogP contribution in [0.15, 0.2) is 72.8 Å². The zero-order valence-electron chi connectivity index (χ0n) is 18.5. The summed E-state index contributed by atoms with van der Waals surface area (Å²) in [5.41, 5.74) is 5.39. The Bertz CT molecular complexity index is 1220. The van der Waals surface area contributed by atoms with Crippen LogP contribution in [0.3, 0.4) is 0 Å². The summed E-state index contributed by atoms with van der Waals surface area (Å²) < 4.78 is 31.6. The van der Waals surface area contributed by atoms with Gasteiger partial charge in [-0.3, -0.25) is 10.1 Å². The van der Waals surface area contributed by atoms with Crippen molar-refractivity contribution in [3.63, 3.8) is 0 Å². The summed E-state index contributed by atoms with van der Waals surface area (Å²) in [7, 11) is 0. The van der Waals surface area contributed by atoms with Gasteiger partial charge in [-0.05, 0) is 39.9 Å². The smallest absolute Gasteiger partial charge is 0.411 e. The number of anilines is 1. The summed E-state index contributed by atoms with van der Waals surface area (Å²) in [6.07, 6.45) is -0.853. The first-order valence-corrected chi connectivity index (χ1v) is 10.8. The Balaban J connectivity index is 1.29. The molecule has 1 aliphatic carbocycles. The third-order valence-electron chi connectivity index (χ3n) is 5.73. The highest BCUT2D eigenvalue weighted by Gasteiger charge is 2.39. The molecule has 0 aromatic heterocycles. The molecule has 0 fully saturated rings. The van der Waals surface area contributed by atoms with Crippen molar-refractivity contribution in [2.75, 3.05) is 18.5 Å². The zero-order chi connectivity index (χ0) is 25.0. The lowest BCUT2D eigenvalue weighted by Crippen LogP contribution is -2.42. The maximum atomic E-state index is 13.1. The third kappa shape index (κ3) is 5.46. The van der Waals surface area contributed by atoms with Gasteiger partial charge >= 0.3 is 18.0 Å². The molecule has 9 heteroatoms. The van der Waals surface area contributed by atoms with Crippen LogP contribution in [0.1, 0.15) is 22.6 Å². The molecular formula is C26H22F2N2O5. The first-order chi connectivity index (χ1) is 16.7. The molecule has 180 valence electrons. The van der Waals surface area contributed by atoms with E-state index >= 15 is 0 Å². The number of alkyl halides is 2. The number of amides is 2. The van der Waals surface area contributed by atoms with Crippen LogP contribution in [0.2, 0.25) is 0 Å². The van der Waals surface area contributed by atoms with Crippen molar-refractivity contribution in [3.8, 4) is 11.1 Å². The summed E-state index contributed by atoms with van der Waals surface area (Å²) in [6, 6.07) is 22.2. The number of benzene rings is 3. The Morgan fingerprint density at radius 1 is 0.886 bits per heavy atom. The monoisotopic (exact) mass is 480 g/mol. The van der Waals surface area contributed by atoms with E-state index in [9.17, 15) is 23.2 Å². The van der Waals surface area contributed by atoms with Gasteiger partial charge in [-0.15, -0.1) is 0 Å². The van der Waals surface area contributed by atoms with E-state index in [2.05, 4.69) is 5.32 Å². The number of aliphatic carboxylic acids is 1. The van der Waals surface area contributed by atoms with Crippen LogP contribution in [0, 0.1) is 0 Å². The topological polar surface area (TPSA) is 105 Å². The second-order valence-electron chi connectivity index (χ2n) is 8.11. The van der Waals surface area contributed by atoms with Crippen molar-refractivity contribution < 1.29 is 33.0 Å². The largest absolute Gasteiger partial charge is 0.477 e. The number of hydrogen-bond acceptors (Lipinski definition) is 4. The number of nitrogens with one attached hydrogen (secondary N) is 2. The van der Waals surface area contributed by atoms with Crippen molar-refractivity contribution in [2.24, 2.45) is 0 Å². The summed E-state index contributed by atoms with van der Waals surface area (Å²) >= 11 is 0. The highest BCUT2D eigenvalue weighted by molar-refractivity contribution is 5.85. The normalized spacial score (nSPS) is 12.4. The molecule has 0 saturated carbocycles. The number of carbonyl (C=O) groups is 3. The zero-order valence-corrected chi connectivity index (χ0v) is 18.5. The van der Waals surface area contributed by atoms with Gasteiger partial charge in [0.05, 0.1) is 13.0 Å². The van der Waals surface area contributed by atoms with Crippen LogP contribution in [0.25, 0.3) is 11.1 Å². The van der Waals surface area contributed by atoms with Crippen molar-refractivity contribution in [2.45, 2.75) is 18.3 Å². The minimum Gasteiger partial charge on any atom is -0.477 e. The lowest BCUT2D eigenvalue weighted by molar-refractivity contribution is -0.164. The molecule has 0 heterocycles. The third-order valence-corrected chi connectivity index (χ3v) is 5.73. The number of halogens is 2. The maximum Gasteiger partial charge on any atom is 0.411 e. The molecule has 3 aromatic carbocycles. The molecule has 35 heavy (non-hydrogen) atoms. The number of fused-ring (bicyclic) bond motifs is 3. The Hall–Kier alpha value is -4.27. The fourth-order valence-corrected chi connectivity index (χ4v) is 3.99. The van der Waals surface area contributed by atoms with Gasteiger partial charge in [-0.2, -0.15) is 8.78 Å². The van der Waals surface area contributed by atoms with Crippen molar-refractivity contribution in [1.82, 2.24) is 5.32 Å². The SMILES string of the molecule is O=C(Cc1ccc(NC(=O)OCC2c3ccccc3-c3ccccc32)cc1)NCC(F)(F)C(=O)O. The molecular weight excluding hydrogens is 458 g/mol. The number of hydrogen-bond donors (Lipinski definition) is 3. The molecule has 0 radical (unpaired) electrons. The van der Waals surface area contributed by atoms with Gasteiger partial charge in [0.2, 0.25) is 5.91 Å². The van der Waals surface area contributed by atoms with E-state index in [0.717, 1.165) is 22.3 Å². The number of ether oxygens (including phenoxy) is 1. The molecule has 4 rings (SSSR count). The van der Waals surface area contributed by atoms with E-state index < -0.39 is 30.4 Å². The summed E-state index contributed by atoms with van der Waals surface area (Å²) in [5.74, 6) is -7.15. The maximum absolute atomic E-state index is 13.1. The Morgan fingerprint density at radius 3 is 2.03 bits per heavy atom. The Kier molecular flexibility index (Phi) is 6.77. The van der Waals surface area contributed by atoms with Crippen molar-refractivity contribution in [1.29, 1.82) is 0 Å². The van der Waals surface area contributed by atoms with Crippen LogP contribution in [-0.2, 0) is 20.7 Å². The Labute approximate surface area is 199 Å². The quantitative estimate of drug-likeness (QED) is 0.443. The summed E-state index contributed by atoms with van der Waals surface area (Å²) in [6.45, 7) is -1.12. The first-order valence-electron chi connectivity index (χ1n) is 10.8. The molecule has 3 N–H and O–H groups in total. The Morgan fingerprint density at radius 2 is 1.46 bits per heavy atom. The number of rotatable bonds is 8. The van der Waals surface area contributed by atoms with Gasteiger partial charge in [0.15, 0.2) is 0 Å².